The molecule has 3 N–H and O–H groups in total. The van der Waals surface area contributed by atoms with Crippen LogP contribution in [0.4, 0.5) is 5.69 Å². The number of aromatic amines is 1. The Balaban J connectivity index is 1.73. The van der Waals surface area contributed by atoms with Crippen molar-refractivity contribution in [3.8, 4) is 5.75 Å². The van der Waals surface area contributed by atoms with E-state index in [1.54, 1.807) is 18.2 Å². The van der Waals surface area contributed by atoms with Crippen molar-refractivity contribution in [1.29, 1.82) is 0 Å². The molecular weight excluding hydrogens is 394 g/mol. The third-order valence-electron chi connectivity index (χ3n) is 3.57. The second-order valence-electron chi connectivity index (χ2n) is 5.38. The monoisotopic (exact) mass is 409 g/mol. The van der Waals surface area contributed by atoms with Gasteiger partial charge in [0.1, 0.15) is 11.1 Å². The zero-order valence-electron chi connectivity index (χ0n) is 14.2. The Morgan fingerprint density at radius 3 is 3.04 bits per heavy atom. The molecule has 3 aromatic rings. The molecule has 3 rings (SSSR count). The summed E-state index contributed by atoms with van der Waals surface area (Å²) in [4.78, 5) is 31.3. The number of fused-ring (bicyclic) bond motifs is 1. The van der Waals surface area contributed by atoms with Gasteiger partial charge >= 0.3 is 0 Å². The number of carbonyl (C=O) groups is 1. The lowest BCUT2D eigenvalue weighted by Gasteiger charge is -2.10. The van der Waals surface area contributed by atoms with Gasteiger partial charge in [0.15, 0.2) is 10.8 Å². The number of halogens is 1. The van der Waals surface area contributed by atoms with Gasteiger partial charge in [0, 0.05) is 5.02 Å². The third kappa shape index (κ3) is 4.41. The molecule has 11 heteroatoms. The minimum absolute atomic E-state index is 0.0122. The van der Waals surface area contributed by atoms with Crippen molar-refractivity contribution in [1.82, 2.24) is 19.7 Å². The molecule has 0 bridgehead atoms. The molecule has 0 spiro atoms. The summed E-state index contributed by atoms with van der Waals surface area (Å²) >= 11 is 7.01. The normalized spacial score (nSPS) is 10.9. The number of carbonyl (C=O) groups excluding carboxylic acids is 1. The number of rotatable bonds is 7. The van der Waals surface area contributed by atoms with Crippen molar-refractivity contribution < 1.29 is 14.6 Å². The fourth-order valence-corrected chi connectivity index (χ4v) is 3.20. The first-order chi connectivity index (χ1) is 13.0. The first-order valence-electron chi connectivity index (χ1n) is 7.84. The van der Waals surface area contributed by atoms with Gasteiger partial charge in [-0.15, -0.1) is 0 Å². The van der Waals surface area contributed by atoms with Crippen molar-refractivity contribution in [3.05, 3.63) is 39.8 Å². The lowest BCUT2D eigenvalue weighted by molar-refractivity contribution is -0.113. The number of ether oxygens (including phenoxy) is 1. The number of amides is 1. The fraction of sp³-hybridized carbons (Fsp3) is 0.250. The van der Waals surface area contributed by atoms with Gasteiger partial charge in [0.05, 0.1) is 37.9 Å². The minimum Gasteiger partial charge on any atom is -0.495 e. The van der Waals surface area contributed by atoms with Crippen LogP contribution in [0.25, 0.3) is 11.0 Å². The Hall–Kier alpha value is -2.56. The number of H-pyrrole nitrogens is 1. The van der Waals surface area contributed by atoms with Crippen molar-refractivity contribution in [3.63, 3.8) is 0 Å². The highest BCUT2D eigenvalue weighted by Gasteiger charge is 2.13. The summed E-state index contributed by atoms with van der Waals surface area (Å²) in [7, 11) is 1.49. The van der Waals surface area contributed by atoms with E-state index in [0.717, 1.165) is 11.8 Å². The van der Waals surface area contributed by atoms with Gasteiger partial charge in [-0.1, -0.05) is 23.4 Å². The lowest BCUT2D eigenvalue weighted by atomic mass is 10.3. The number of methoxy groups -OCH3 is 1. The van der Waals surface area contributed by atoms with Gasteiger partial charge < -0.3 is 20.1 Å². The van der Waals surface area contributed by atoms with E-state index in [2.05, 4.69) is 20.4 Å². The summed E-state index contributed by atoms with van der Waals surface area (Å²) in [5.41, 5.74) is 0.448. The molecule has 142 valence electrons. The number of aromatic nitrogens is 4. The Morgan fingerprint density at radius 1 is 1.48 bits per heavy atom. The maximum Gasteiger partial charge on any atom is 0.262 e. The average molecular weight is 410 g/mol. The molecule has 0 fully saturated rings. The van der Waals surface area contributed by atoms with E-state index in [1.165, 1.54) is 18.0 Å². The van der Waals surface area contributed by atoms with Crippen molar-refractivity contribution >= 4 is 46.0 Å². The molecule has 0 unspecified atom stereocenters. The lowest BCUT2D eigenvalue weighted by Crippen LogP contribution is -2.16. The van der Waals surface area contributed by atoms with E-state index in [-0.39, 0.29) is 35.5 Å². The van der Waals surface area contributed by atoms with Crippen LogP contribution in [0, 0.1) is 0 Å². The van der Waals surface area contributed by atoms with Crippen LogP contribution in [0.15, 0.2) is 34.3 Å². The van der Waals surface area contributed by atoms with E-state index in [4.69, 9.17) is 21.4 Å². The minimum atomic E-state index is -0.358. The number of nitrogens with zero attached hydrogens (tertiary/aromatic N) is 3. The molecule has 0 aliphatic rings. The van der Waals surface area contributed by atoms with E-state index < -0.39 is 0 Å². The number of nitrogens with one attached hydrogen (secondary N) is 2. The van der Waals surface area contributed by atoms with Crippen molar-refractivity contribution in [2.24, 2.45) is 0 Å². The largest absolute Gasteiger partial charge is 0.495 e. The van der Waals surface area contributed by atoms with Crippen LogP contribution in [0.2, 0.25) is 5.02 Å². The standard InChI is InChI=1S/C16H16ClN5O4S/c1-26-12-3-2-9(17)6-11(12)19-13(24)8-27-16-20-14-10(15(25)21-16)7-18-22(14)4-5-23/h2-3,6-7,23H,4-5,8H2,1H3,(H,19,24)(H,20,21,25). The quantitative estimate of drug-likeness (QED) is 0.399. The number of anilines is 1. The number of hydrogen-bond acceptors (Lipinski definition) is 7. The number of aliphatic hydroxyl groups is 1. The Labute approximate surface area is 162 Å². The molecule has 0 aliphatic heterocycles. The third-order valence-corrected chi connectivity index (χ3v) is 4.68. The van der Waals surface area contributed by atoms with E-state index in [0.29, 0.717) is 27.5 Å². The van der Waals surface area contributed by atoms with Crippen LogP contribution in [0.5, 0.6) is 5.75 Å². The predicted molar refractivity (Wildman–Crippen MR) is 103 cm³/mol. The van der Waals surface area contributed by atoms with Crippen LogP contribution in [-0.4, -0.2) is 50.2 Å². The van der Waals surface area contributed by atoms with Gasteiger partial charge in [0.25, 0.3) is 5.56 Å². The summed E-state index contributed by atoms with van der Waals surface area (Å²) in [6.45, 7) is 0.0940. The molecule has 1 amide bonds. The zero-order valence-corrected chi connectivity index (χ0v) is 15.8. The number of thioether (sulfide) groups is 1. The van der Waals surface area contributed by atoms with Crippen LogP contribution in [0.1, 0.15) is 0 Å². The van der Waals surface area contributed by atoms with Gasteiger partial charge in [-0.3, -0.25) is 9.59 Å². The summed E-state index contributed by atoms with van der Waals surface area (Å²) < 4.78 is 6.62. The van der Waals surface area contributed by atoms with Crippen LogP contribution < -0.4 is 15.6 Å². The van der Waals surface area contributed by atoms with Crippen molar-refractivity contribution in [2.75, 3.05) is 24.8 Å². The summed E-state index contributed by atoms with van der Waals surface area (Å²) in [5.74, 6) is 0.184. The highest BCUT2D eigenvalue weighted by atomic mass is 35.5. The first kappa shape index (κ1) is 19.2. The molecule has 0 radical (unpaired) electrons. The second kappa shape index (κ2) is 8.42. The topological polar surface area (TPSA) is 122 Å². The highest BCUT2D eigenvalue weighted by Crippen LogP contribution is 2.28. The number of benzene rings is 1. The molecule has 0 saturated carbocycles. The average Bonchev–Trinajstić information content (AvgIpc) is 3.04. The molecule has 0 atom stereocenters. The van der Waals surface area contributed by atoms with Gasteiger partial charge in [0.2, 0.25) is 5.91 Å². The zero-order chi connectivity index (χ0) is 19.4. The van der Waals surface area contributed by atoms with Crippen LogP contribution in [-0.2, 0) is 11.3 Å². The van der Waals surface area contributed by atoms with Crippen LogP contribution in [0.3, 0.4) is 0 Å². The summed E-state index contributed by atoms with van der Waals surface area (Å²) in [6.07, 6.45) is 1.39. The van der Waals surface area contributed by atoms with Crippen molar-refractivity contribution in [2.45, 2.75) is 11.7 Å². The van der Waals surface area contributed by atoms with Gasteiger partial charge in [-0.2, -0.15) is 5.10 Å². The molecule has 27 heavy (non-hydrogen) atoms. The second-order valence-corrected chi connectivity index (χ2v) is 6.78. The molecule has 1 aromatic carbocycles. The van der Waals surface area contributed by atoms with E-state index in [1.807, 2.05) is 0 Å². The van der Waals surface area contributed by atoms with E-state index >= 15 is 0 Å². The van der Waals surface area contributed by atoms with Crippen LogP contribution >= 0.6 is 23.4 Å². The first-order valence-corrected chi connectivity index (χ1v) is 9.21. The number of hydrogen-bond donors (Lipinski definition) is 3. The molecule has 0 aliphatic carbocycles. The molecular formula is C16H16ClN5O4S. The summed E-state index contributed by atoms with van der Waals surface area (Å²) in [6, 6.07) is 4.90. The highest BCUT2D eigenvalue weighted by molar-refractivity contribution is 7.99. The number of aliphatic hydroxyl groups excluding tert-OH is 1. The Morgan fingerprint density at radius 2 is 2.30 bits per heavy atom. The Kier molecular flexibility index (Phi) is 5.99. The Bertz CT molecular complexity index is 1040. The maximum absolute atomic E-state index is 12.2. The van der Waals surface area contributed by atoms with Gasteiger partial charge in [-0.25, -0.2) is 9.67 Å². The summed E-state index contributed by atoms with van der Waals surface area (Å²) in [5, 5.41) is 16.9. The molecule has 0 saturated heterocycles. The molecule has 2 heterocycles. The van der Waals surface area contributed by atoms with Gasteiger partial charge in [-0.05, 0) is 18.2 Å². The van der Waals surface area contributed by atoms with E-state index in [9.17, 15) is 9.59 Å². The predicted octanol–water partition coefficient (Wildman–Crippen LogP) is 1.50. The fourth-order valence-electron chi connectivity index (χ4n) is 2.37. The molecule has 9 nitrogen and oxygen atoms in total. The SMILES string of the molecule is COc1ccc(Cl)cc1NC(=O)CSc1nc2c(cnn2CCO)c(=O)[nH]1. The molecule has 2 aromatic heterocycles. The maximum atomic E-state index is 12.2. The smallest absolute Gasteiger partial charge is 0.262 e.